The molecular formula is C19H32N2. The number of rotatable bonds is 8. The van der Waals surface area contributed by atoms with Crippen molar-refractivity contribution in [1.29, 1.82) is 0 Å². The van der Waals surface area contributed by atoms with Crippen LogP contribution < -0.4 is 5.73 Å². The lowest BCUT2D eigenvalue weighted by molar-refractivity contribution is 0.164. The summed E-state index contributed by atoms with van der Waals surface area (Å²) in [6, 6.07) is 11.8. The molecule has 0 aromatic heterocycles. The molecule has 0 spiro atoms. The molecule has 1 aliphatic carbocycles. The number of benzene rings is 1. The van der Waals surface area contributed by atoms with E-state index >= 15 is 0 Å². The summed E-state index contributed by atoms with van der Waals surface area (Å²) in [4.78, 5) is 2.67. The Bertz CT molecular complexity index is 382. The largest absolute Gasteiger partial charge is 0.327 e. The molecule has 0 radical (unpaired) electrons. The van der Waals surface area contributed by atoms with Crippen LogP contribution in [0.25, 0.3) is 0 Å². The fraction of sp³-hybridized carbons (Fsp3) is 0.684. The first-order chi connectivity index (χ1) is 10.1. The summed E-state index contributed by atoms with van der Waals surface area (Å²) < 4.78 is 0. The molecule has 1 aromatic rings. The van der Waals surface area contributed by atoms with Gasteiger partial charge in [0.05, 0.1) is 0 Å². The summed E-state index contributed by atoms with van der Waals surface area (Å²) in [5.41, 5.74) is 7.83. The van der Waals surface area contributed by atoms with Crippen molar-refractivity contribution in [2.24, 2.45) is 11.7 Å². The second kappa shape index (κ2) is 8.55. The van der Waals surface area contributed by atoms with E-state index in [1.165, 1.54) is 37.8 Å². The van der Waals surface area contributed by atoms with Crippen LogP contribution in [-0.2, 0) is 6.42 Å². The van der Waals surface area contributed by atoms with Crippen LogP contribution in [0, 0.1) is 5.92 Å². The van der Waals surface area contributed by atoms with Crippen LogP contribution >= 0.6 is 0 Å². The summed E-state index contributed by atoms with van der Waals surface area (Å²) >= 11 is 0. The third kappa shape index (κ3) is 5.80. The summed E-state index contributed by atoms with van der Waals surface area (Å²) in [5.74, 6) is 0.729. The Kier molecular flexibility index (Phi) is 6.72. The van der Waals surface area contributed by atoms with Gasteiger partial charge >= 0.3 is 0 Å². The first-order valence-electron chi connectivity index (χ1n) is 8.68. The van der Waals surface area contributed by atoms with Gasteiger partial charge in [-0.05, 0) is 37.2 Å². The summed E-state index contributed by atoms with van der Waals surface area (Å²) in [5, 5.41) is 0. The number of nitrogens with two attached hydrogens (primary N) is 1. The normalized spacial score (nSPS) is 17.8. The maximum atomic E-state index is 6.42. The second-order valence-corrected chi connectivity index (χ2v) is 7.07. The van der Waals surface area contributed by atoms with Crippen LogP contribution in [-0.4, -0.2) is 30.1 Å². The van der Waals surface area contributed by atoms with Crippen molar-refractivity contribution in [3.8, 4) is 0 Å². The van der Waals surface area contributed by atoms with Gasteiger partial charge in [-0.3, -0.25) is 4.90 Å². The van der Waals surface area contributed by atoms with Crippen molar-refractivity contribution in [1.82, 2.24) is 4.90 Å². The van der Waals surface area contributed by atoms with Crippen LogP contribution in [0.2, 0.25) is 0 Å². The van der Waals surface area contributed by atoms with E-state index in [4.69, 9.17) is 5.73 Å². The van der Waals surface area contributed by atoms with Crippen LogP contribution in [0.15, 0.2) is 30.3 Å². The highest BCUT2D eigenvalue weighted by molar-refractivity contribution is 5.14. The Labute approximate surface area is 130 Å². The highest BCUT2D eigenvalue weighted by Crippen LogP contribution is 2.24. The monoisotopic (exact) mass is 288 g/mol. The predicted molar refractivity (Wildman–Crippen MR) is 91.4 cm³/mol. The molecule has 0 bridgehead atoms. The van der Waals surface area contributed by atoms with Crippen molar-refractivity contribution >= 4 is 0 Å². The van der Waals surface area contributed by atoms with E-state index in [2.05, 4.69) is 49.1 Å². The van der Waals surface area contributed by atoms with E-state index in [1.54, 1.807) is 0 Å². The molecule has 2 nitrogen and oxygen atoms in total. The predicted octanol–water partition coefficient (Wildman–Crippen LogP) is 3.85. The molecule has 1 unspecified atom stereocenters. The molecular weight excluding hydrogens is 256 g/mol. The van der Waals surface area contributed by atoms with Gasteiger partial charge < -0.3 is 5.73 Å². The maximum Gasteiger partial charge on any atom is 0.0171 e. The minimum atomic E-state index is 0.296. The van der Waals surface area contributed by atoms with Gasteiger partial charge in [-0.1, -0.05) is 57.0 Å². The zero-order valence-electron chi connectivity index (χ0n) is 13.8. The molecule has 118 valence electrons. The minimum absolute atomic E-state index is 0.296. The molecule has 1 saturated carbocycles. The minimum Gasteiger partial charge on any atom is -0.327 e. The molecule has 1 aromatic carbocycles. The zero-order chi connectivity index (χ0) is 15.1. The Hall–Kier alpha value is -0.860. The third-order valence-electron chi connectivity index (χ3n) is 4.56. The molecule has 0 heterocycles. The molecule has 0 aliphatic heterocycles. The number of hydrogen-bond donors (Lipinski definition) is 1. The summed E-state index contributed by atoms with van der Waals surface area (Å²) in [6.45, 7) is 6.90. The van der Waals surface area contributed by atoms with Gasteiger partial charge in [-0.25, -0.2) is 0 Å². The maximum absolute atomic E-state index is 6.42. The fourth-order valence-corrected chi connectivity index (χ4v) is 3.50. The zero-order valence-corrected chi connectivity index (χ0v) is 13.8. The van der Waals surface area contributed by atoms with Crippen LogP contribution in [0.4, 0.5) is 0 Å². The summed E-state index contributed by atoms with van der Waals surface area (Å²) in [7, 11) is 0. The van der Waals surface area contributed by atoms with Crippen molar-refractivity contribution < 1.29 is 0 Å². The van der Waals surface area contributed by atoms with E-state index in [0.717, 1.165) is 31.3 Å². The lowest BCUT2D eigenvalue weighted by Crippen LogP contribution is -2.44. The van der Waals surface area contributed by atoms with Gasteiger partial charge in [-0.15, -0.1) is 0 Å². The highest BCUT2D eigenvalue weighted by atomic mass is 15.2. The quantitative estimate of drug-likeness (QED) is 0.787. The Balaban J connectivity index is 1.80. The van der Waals surface area contributed by atoms with E-state index in [0.29, 0.717) is 6.04 Å². The van der Waals surface area contributed by atoms with Gasteiger partial charge in [0.1, 0.15) is 0 Å². The SMILES string of the molecule is CC(C)CN(CC(N)CCc1ccccc1)C1CCCC1. The molecule has 2 N–H and O–H groups in total. The molecule has 21 heavy (non-hydrogen) atoms. The molecule has 0 saturated heterocycles. The number of nitrogens with zero attached hydrogens (tertiary/aromatic N) is 1. The first kappa shape index (κ1) is 16.5. The molecule has 0 amide bonds. The lowest BCUT2D eigenvalue weighted by atomic mass is 10.0. The Morgan fingerprint density at radius 2 is 1.76 bits per heavy atom. The number of aryl methyl sites for hydroxylation is 1. The molecule has 1 aliphatic rings. The van der Waals surface area contributed by atoms with Crippen LogP contribution in [0.3, 0.4) is 0 Å². The third-order valence-corrected chi connectivity index (χ3v) is 4.56. The van der Waals surface area contributed by atoms with Crippen molar-refractivity contribution in [2.75, 3.05) is 13.1 Å². The molecule has 2 rings (SSSR count). The van der Waals surface area contributed by atoms with E-state index < -0.39 is 0 Å². The van der Waals surface area contributed by atoms with Crippen LogP contribution in [0.1, 0.15) is 51.5 Å². The second-order valence-electron chi connectivity index (χ2n) is 7.07. The van der Waals surface area contributed by atoms with Gasteiger partial charge in [0, 0.05) is 25.2 Å². The van der Waals surface area contributed by atoms with E-state index in [9.17, 15) is 0 Å². The van der Waals surface area contributed by atoms with Gasteiger partial charge in [-0.2, -0.15) is 0 Å². The Morgan fingerprint density at radius 3 is 2.38 bits per heavy atom. The Morgan fingerprint density at radius 1 is 1.10 bits per heavy atom. The lowest BCUT2D eigenvalue weighted by Gasteiger charge is -2.32. The van der Waals surface area contributed by atoms with Crippen LogP contribution in [0.5, 0.6) is 0 Å². The molecule has 1 fully saturated rings. The first-order valence-corrected chi connectivity index (χ1v) is 8.68. The smallest absolute Gasteiger partial charge is 0.0171 e. The summed E-state index contributed by atoms with van der Waals surface area (Å²) in [6.07, 6.45) is 7.74. The van der Waals surface area contributed by atoms with Gasteiger partial charge in [0.25, 0.3) is 0 Å². The van der Waals surface area contributed by atoms with E-state index in [1.807, 2.05) is 0 Å². The fourth-order valence-electron chi connectivity index (χ4n) is 3.50. The topological polar surface area (TPSA) is 29.3 Å². The van der Waals surface area contributed by atoms with Crippen molar-refractivity contribution in [3.63, 3.8) is 0 Å². The molecule has 2 heteroatoms. The van der Waals surface area contributed by atoms with E-state index in [-0.39, 0.29) is 0 Å². The van der Waals surface area contributed by atoms with Gasteiger partial charge in [0.15, 0.2) is 0 Å². The average Bonchev–Trinajstić information content (AvgIpc) is 2.99. The average molecular weight is 288 g/mol. The van der Waals surface area contributed by atoms with Crippen molar-refractivity contribution in [3.05, 3.63) is 35.9 Å². The standard InChI is InChI=1S/C19H32N2/c1-16(2)14-21(19-10-6-7-11-19)15-18(20)13-12-17-8-4-3-5-9-17/h3-5,8-9,16,18-19H,6-7,10-15,20H2,1-2H3. The number of hydrogen-bond acceptors (Lipinski definition) is 2. The molecule has 1 atom stereocenters. The van der Waals surface area contributed by atoms with Crippen molar-refractivity contribution in [2.45, 2.75) is 64.5 Å². The van der Waals surface area contributed by atoms with Gasteiger partial charge in [0.2, 0.25) is 0 Å². The highest BCUT2D eigenvalue weighted by Gasteiger charge is 2.24.